The molecule has 0 amide bonds. The Morgan fingerprint density at radius 1 is 1.08 bits per heavy atom. The second-order valence-corrected chi connectivity index (χ2v) is 8.24. The quantitative estimate of drug-likeness (QED) is 0.830. The van der Waals surface area contributed by atoms with Crippen molar-refractivity contribution in [1.29, 1.82) is 0 Å². The van der Waals surface area contributed by atoms with Gasteiger partial charge in [0.1, 0.15) is 10.7 Å². The maximum Gasteiger partial charge on any atom is 0.242 e. The lowest BCUT2D eigenvalue weighted by Gasteiger charge is -2.28. The molecule has 134 valence electrons. The van der Waals surface area contributed by atoms with E-state index in [4.69, 9.17) is 11.6 Å². The summed E-state index contributed by atoms with van der Waals surface area (Å²) in [7, 11) is -3.71. The Labute approximate surface area is 152 Å². The second-order valence-electron chi connectivity index (χ2n) is 6.09. The molecule has 1 N–H and O–H groups in total. The summed E-state index contributed by atoms with van der Waals surface area (Å²) in [6.07, 6.45) is 2.16. The van der Waals surface area contributed by atoms with Gasteiger partial charge in [0.15, 0.2) is 0 Å². The Bertz CT molecular complexity index is 821. The van der Waals surface area contributed by atoms with Crippen LogP contribution in [-0.2, 0) is 10.0 Å². The van der Waals surface area contributed by atoms with Crippen LogP contribution in [0, 0.1) is 5.82 Å². The minimum Gasteiger partial charge on any atom is -0.295 e. The second kappa shape index (κ2) is 7.83. The first-order chi connectivity index (χ1) is 12.0. The van der Waals surface area contributed by atoms with Gasteiger partial charge in [-0.25, -0.2) is 17.5 Å². The summed E-state index contributed by atoms with van der Waals surface area (Å²) in [6, 6.07) is 12.4. The van der Waals surface area contributed by atoms with Gasteiger partial charge in [-0.3, -0.25) is 4.90 Å². The lowest BCUT2D eigenvalue weighted by molar-refractivity contribution is 0.246. The SMILES string of the molecule is O=S(=O)(NCC(c1ccc(F)cc1)N1CCCC1)c1ccccc1Cl. The number of benzene rings is 2. The van der Waals surface area contributed by atoms with Gasteiger partial charge in [0.25, 0.3) is 0 Å². The molecule has 4 nitrogen and oxygen atoms in total. The van der Waals surface area contributed by atoms with E-state index in [0.29, 0.717) is 0 Å². The smallest absolute Gasteiger partial charge is 0.242 e. The van der Waals surface area contributed by atoms with Crippen LogP contribution in [0.4, 0.5) is 4.39 Å². The molecule has 0 aliphatic carbocycles. The summed E-state index contributed by atoms with van der Waals surface area (Å²) in [5.74, 6) is -0.305. The molecule has 25 heavy (non-hydrogen) atoms. The van der Waals surface area contributed by atoms with Crippen LogP contribution in [0.3, 0.4) is 0 Å². The van der Waals surface area contributed by atoms with Gasteiger partial charge in [0, 0.05) is 12.6 Å². The third-order valence-corrected chi connectivity index (χ3v) is 6.35. The summed E-state index contributed by atoms with van der Waals surface area (Å²) in [5, 5.41) is 0.189. The fourth-order valence-corrected chi connectivity index (χ4v) is 4.68. The van der Waals surface area contributed by atoms with E-state index in [1.165, 1.54) is 18.2 Å². The highest BCUT2D eigenvalue weighted by atomic mass is 35.5. The van der Waals surface area contributed by atoms with E-state index in [9.17, 15) is 12.8 Å². The lowest BCUT2D eigenvalue weighted by Crippen LogP contribution is -2.36. The molecule has 2 aromatic rings. The van der Waals surface area contributed by atoms with Gasteiger partial charge in [-0.15, -0.1) is 0 Å². The highest BCUT2D eigenvalue weighted by Gasteiger charge is 2.26. The van der Waals surface area contributed by atoms with E-state index in [-0.39, 0.29) is 28.3 Å². The molecule has 1 aliphatic heterocycles. The van der Waals surface area contributed by atoms with Gasteiger partial charge in [0.05, 0.1) is 5.02 Å². The Balaban J connectivity index is 1.81. The summed E-state index contributed by atoms with van der Waals surface area (Å²) in [5.41, 5.74) is 0.894. The molecule has 1 aliphatic rings. The summed E-state index contributed by atoms with van der Waals surface area (Å²) < 4.78 is 41.1. The van der Waals surface area contributed by atoms with Crippen LogP contribution in [0.25, 0.3) is 0 Å². The predicted molar refractivity (Wildman–Crippen MR) is 96.6 cm³/mol. The number of nitrogens with one attached hydrogen (secondary N) is 1. The Kier molecular flexibility index (Phi) is 5.74. The Hall–Kier alpha value is -1.47. The predicted octanol–water partition coefficient (Wildman–Crippen LogP) is 3.59. The molecule has 0 aromatic heterocycles. The fraction of sp³-hybridized carbons (Fsp3) is 0.333. The molecule has 3 rings (SSSR count). The molecule has 2 aromatic carbocycles. The highest BCUT2D eigenvalue weighted by molar-refractivity contribution is 7.89. The third kappa shape index (κ3) is 4.39. The third-order valence-electron chi connectivity index (χ3n) is 4.43. The van der Waals surface area contributed by atoms with Crippen molar-refractivity contribution in [2.45, 2.75) is 23.8 Å². The molecule has 1 fully saturated rings. The summed E-state index contributed by atoms with van der Waals surface area (Å²) in [6.45, 7) is 2.00. The van der Waals surface area contributed by atoms with Crippen LogP contribution < -0.4 is 4.72 Å². The zero-order valence-electron chi connectivity index (χ0n) is 13.7. The van der Waals surface area contributed by atoms with Crippen molar-refractivity contribution in [2.24, 2.45) is 0 Å². The number of nitrogens with zero attached hydrogens (tertiary/aromatic N) is 1. The first-order valence-electron chi connectivity index (χ1n) is 8.21. The molecule has 1 atom stereocenters. The largest absolute Gasteiger partial charge is 0.295 e. The molecular formula is C18H20ClFN2O2S. The Morgan fingerprint density at radius 2 is 1.72 bits per heavy atom. The number of hydrogen-bond acceptors (Lipinski definition) is 3. The monoisotopic (exact) mass is 382 g/mol. The number of hydrogen-bond donors (Lipinski definition) is 1. The normalized spacial score (nSPS) is 16.9. The van der Waals surface area contributed by atoms with Crippen LogP contribution in [-0.4, -0.2) is 33.0 Å². The first-order valence-corrected chi connectivity index (χ1v) is 10.1. The van der Waals surface area contributed by atoms with Gasteiger partial charge in [-0.05, 0) is 55.8 Å². The van der Waals surface area contributed by atoms with Gasteiger partial charge in [-0.1, -0.05) is 35.9 Å². The van der Waals surface area contributed by atoms with Crippen LogP contribution in [0.15, 0.2) is 53.4 Å². The van der Waals surface area contributed by atoms with E-state index < -0.39 is 10.0 Å². The standard InChI is InChI=1S/C18H20ClFN2O2S/c19-16-5-1-2-6-18(16)25(23,24)21-13-17(22-11-3-4-12-22)14-7-9-15(20)10-8-14/h1-2,5-10,17,21H,3-4,11-13H2. The molecule has 0 bridgehead atoms. The van der Waals surface area contributed by atoms with E-state index in [1.807, 2.05) is 0 Å². The molecular weight excluding hydrogens is 363 g/mol. The molecule has 0 spiro atoms. The van der Waals surface area contributed by atoms with Crippen molar-refractivity contribution < 1.29 is 12.8 Å². The Morgan fingerprint density at radius 3 is 2.36 bits per heavy atom. The van der Waals surface area contributed by atoms with Crippen molar-refractivity contribution >= 4 is 21.6 Å². The van der Waals surface area contributed by atoms with Crippen molar-refractivity contribution in [2.75, 3.05) is 19.6 Å². The van der Waals surface area contributed by atoms with Crippen LogP contribution in [0.5, 0.6) is 0 Å². The molecule has 1 saturated heterocycles. The van der Waals surface area contributed by atoms with E-state index in [2.05, 4.69) is 9.62 Å². The first kappa shape index (κ1) is 18.3. The van der Waals surface area contributed by atoms with Crippen LogP contribution in [0.2, 0.25) is 5.02 Å². The summed E-state index contributed by atoms with van der Waals surface area (Å²) in [4.78, 5) is 2.29. The van der Waals surface area contributed by atoms with Gasteiger partial charge >= 0.3 is 0 Å². The maximum atomic E-state index is 13.2. The van der Waals surface area contributed by atoms with Gasteiger partial charge in [-0.2, -0.15) is 0 Å². The molecule has 1 unspecified atom stereocenters. The van der Waals surface area contributed by atoms with Crippen molar-refractivity contribution in [3.63, 3.8) is 0 Å². The summed E-state index contributed by atoms with van der Waals surface area (Å²) >= 11 is 6.01. The number of likely N-dealkylation sites (tertiary alicyclic amines) is 1. The van der Waals surface area contributed by atoms with E-state index >= 15 is 0 Å². The average molecular weight is 383 g/mol. The van der Waals surface area contributed by atoms with Gasteiger partial charge in [0.2, 0.25) is 10.0 Å². The van der Waals surface area contributed by atoms with E-state index in [0.717, 1.165) is 31.5 Å². The van der Waals surface area contributed by atoms with Crippen LogP contribution in [0.1, 0.15) is 24.4 Å². The number of rotatable bonds is 6. The molecule has 0 saturated carbocycles. The zero-order chi connectivity index (χ0) is 17.9. The minimum absolute atomic E-state index is 0.0657. The molecule has 0 radical (unpaired) electrons. The highest BCUT2D eigenvalue weighted by Crippen LogP contribution is 2.26. The topological polar surface area (TPSA) is 49.4 Å². The van der Waals surface area contributed by atoms with Crippen molar-refractivity contribution in [3.05, 3.63) is 64.9 Å². The zero-order valence-corrected chi connectivity index (χ0v) is 15.2. The van der Waals surface area contributed by atoms with Crippen LogP contribution >= 0.6 is 11.6 Å². The molecule has 1 heterocycles. The van der Waals surface area contributed by atoms with Crippen molar-refractivity contribution in [3.8, 4) is 0 Å². The maximum absolute atomic E-state index is 13.2. The lowest BCUT2D eigenvalue weighted by atomic mass is 10.1. The minimum atomic E-state index is -3.71. The molecule has 7 heteroatoms. The number of sulfonamides is 1. The van der Waals surface area contributed by atoms with Gasteiger partial charge < -0.3 is 0 Å². The van der Waals surface area contributed by atoms with Crippen molar-refractivity contribution in [1.82, 2.24) is 9.62 Å². The number of halogens is 2. The van der Waals surface area contributed by atoms with E-state index in [1.54, 1.807) is 30.3 Å². The average Bonchev–Trinajstić information content (AvgIpc) is 3.11. The fourth-order valence-electron chi connectivity index (χ4n) is 3.13.